The van der Waals surface area contributed by atoms with Gasteiger partial charge in [0.1, 0.15) is 0 Å². The minimum Gasteiger partial charge on any atom is -0.469 e. The van der Waals surface area contributed by atoms with Crippen molar-refractivity contribution in [2.24, 2.45) is 0 Å². The third-order valence-corrected chi connectivity index (χ3v) is 6.72. The summed E-state index contributed by atoms with van der Waals surface area (Å²) in [6.45, 7) is 0. The summed E-state index contributed by atoms with van der Waals surface area (Å²) in [5, 5.41) is 0. The molecule has 0 aromatic rings. The van der Waals surface area contributed by atoms with Gasteiger partial charge in [-0.05, 0) is 12.8 Å². The summed E-state index contributed by atoms with van der Waals surface area (Å²) in [5.41, 5.74) is 0. The SMILES string of the molecule is COC(=O)CCCCCCCCCCCCCCCCCCCCCCCCCC(=O)OC. The average Bonchev–Trinajstić information content (AvgIpc) is 2.83. The second kappa shape index (κ2) is 27.2. The molecule has 33 heavy (non-hydrogen) atoms. The van der Waals surface area contributed by atoms with Crippen LogP contribution in [0.5, 0.6) is 0 Å². The van der Waals surface area contributed by atoms with Gasteiger partial charge < -0.3 is 9.47 Å². The fraction of sp³-hybridized carbons (Fsp3) is 0.931. The van der Waals surface area contributed by atoms with E-state index in [-0.39, 0.29) is 11.9 Å². The first-order chi connectivity index (χ1) is 16.2. The van der Waals surface area contributed by atoms with Crippen LogP contribution in [0.1, 0.15) is 161 Å². The van der Waals surface area contributed by atoms with E-state index in [0.29, 0.717) is 12.8 Å². The molecular weight excluding hydrogens is 412 g/mol. The average molecular weight is 469 g/mol. The predicted octanol–water partition coefficient (Wildman–Crippen LogP) is 9.08. The van der Waals surface area contributed by atoms with Crippen molar-refractivity contribution in [3.63, 3.8) is 0 Å². The van der Waals surface area contributed by atoms with Gasteiger partial charge in [0.2, 0.25) is 0 Å². The fourth-order valence-electron chi connectivity index (χ4n) is 4.46. The van der Waals surface area contributed by atoms with E-state index in [1.54, 1.807) is 0 Å². The van der Waals surface area contributed by atoms with Crippen molar-refractivity contribution in [2.45, 2.75) is 161 Å². The maximum absolute atomic E-state index is 11.0. The number of ether oxygens (including phenoxy) is 2. The zero-order chi connectivity index (χ0) is 24.2. The van der Waals surface area contributed by atoms with Crippen molar-refractivity contribution in [2.75, 3.05) is 14.2 Å². The first-order valence-electron chi connectivity index (χ1n) is 14.3. The zero-order valence-corrected chi connectivity index (χ0v) is 22.3. The summed E-state index contributed by atoms with van der Waals surface area (Å²) in [7, 11) is 2.93. The number of hydrogen-bond donors (Lipinski definition) is 0. The van der Waals surface area contributed by atoms with Crippen LogP contribution >= 0.6 is 0 Å². The standard InChI is InChI=1S/C29H56O4/c1-32-28(30)26-24-22-20-18-16-14-12-10-8-6-4-3-5-7-9-11-13-15-17-19-21-23-25-27-29(31)33-2/h3-27H2,1-2H3. The van der Waals surface area contributed by atoms with Gasteiger partial charge in [0.25, 0.3) is 0 Å². The molecule has 196 valence electrons. The molecular formula is C29H56O4. The third-order valence-electron chi connectivity index (χ3n) is 6.72. The molecule has 0 heterocycles. The van der Waals surface area contributed by atoms with E-state index in [1.165, 1.54) is 136 Å². The molecule has 0 aromatic carbocycles. The molecule has 0 aliphatic rings. The Hall–Kier alpha value is -1.06. The highest BCUT2D eigenvalue weighted by atomic mass is 16.5. The lowest BCUT2D eigenvalue weighted by atomic mass is 10.0. The molecule has 0 aliphatic heterocycles. The highest BCUT2D eigenvalue weighted by Gasteiger charge is 2.00. The molecule has 0 saturated carbocycles. The second-order valence-corrected chi connectivity index (χ2v) is 9.78. The number of esters is 2. The minimum atomic E-state index is -0.0704. The van der Waals surface area contributed by atoms with Gasteiger partial charge in [0.15, 0.2) is 0 Å². The molecule has 0 amide bonds. The Balaban J connectivity index is 3.05. The van der Waals surface area contributed by atoms with Crippen LogP contribution in [0.15, 0.2) is 0 Å². The molecule has 4 nitrogen and oxygen atoms in total. The maximum atomic E-state index is 11.0. The Morgan fingerprint density at radius 2 is 0.485 bits per heavy atom. The first-order valence-corrected chi connectivity index (χ1v) is 14.3. The van der Waals surface area contributed by atoms with Crippen LogP contribution in [0.3, 0.4) is 0 Å². The largest absolute Gasteiger partial charge is 0.469 e. The lowest BCUT2D eigenvalue weighted by Crippen LogP contribution is -1.99. The van der Waals surface area contributed by atoms with E-state index >= 15 is 0 Å². The summed E-state index contributed by atoms with van der Waals surface area (Å²) < 4.78 is 9.32. The van der Waals surface area contributed by atoms with Gasteiger partial charge in [0, 0.05) is 12.8 Å². The molecule has 0 aromatic heterocycles. The molecule has 0 fully saturated rings. The summed E-state index contributed by atoms with van der Waals surface area (Å²) in [5.74, 6) is -0.141. The van der Waals surface area contributed by atoms with Gasteiger partial charge >= 0.3 is 11.9 Å². The summed E-state index contributed by atoms with van der Waals surface area (Å²) in [6.07, 6.45) is 31.7. The lowest BCUT2D eigenvalue weighted by Gasteiger charge is -2.04. The van der Waals surface area contributed by atoms with Crippen molar-refractivity contribution in [3.05, 3.63) is 0 Å². The van der Waals surface area contributed by atoms with E-state index in [4.69, 9.17) is 0 Å². The molecule has 0 bridgehead atoms. The Morgan fingerprint density at radius 3 is 0.636 bits per heavy atom. The predicted molar refractivity (Wildman–Crippen MR) is 139 cm³/mol. The van der Waals surface area contributed by atoms with Gasteiger partial charge in [-0.25, -0.2) is 0 Å². The summed E-state index contributed by atoms with van der Waals surface area (Å²) >= 11 is 0. The van der Waals surface area contributed by atoms with Crippen molar-refractivity contribution in [3.8, 4) is 0 Å². The van der Waals surface area contributed by atoms with Crippen LogP contribution in [-0.2, 0) is 19.1 Å². The highest BCUT2D eigenvalue weighted by Crippen LogP contribution is 2.15. The van der Waals surface area contributed by atoms with E-state index in [2.05, 4.69) is 9.47 Å². The third kappa shape index (κ3) is 27.1. The first kappa shape index (κ1) is 31.9. The van der Waals surface area contributed by atoms with Crippen LogP contribution in [0.2, 0.25) is 0 Å². The molecule has 0 rings (SSSR count). The Morgan fingerprint density at radius 1 is 0.333 bits per heavy atom. The molecule has 0 aliphatic carbocycles. The molecule has 0 saturated heterocycles. The molecule has 0 spiro atoms. The van der Waals surface area contributed by atoms with Gasteiger partial charge in [-0.1, -0.05) is 135 Å². The number of methoxy groups -OCH3 is 2. The Kier molecular flexibility index (Phi) is 26.3. The lowest BCUT2D eigenvalue weighted by molar-refractivity contribution is -0.141. The van der Waals surface area contributed by atoms with Crippen molar-refractivity contribution >= 4 is 11.9 Å². The topological polar surface area (TPSA) is 52.6 Å². The summed E-state index contributed by atoms with van der Waals surface area (Å²) in [4.78, 5) is 22.0. The van der Waals surface area contributed by atoms with E-state index in [9.17, 15) is 9.59 Å². The molecule has 0 atom stereocenters. The highest BCUT2D eigenvalue weighted by molar-refractivity contribution is 5.69. The normalized spacial score (nSPS) is 11.0. The van der Waals surface area contributed by atoms with Gasteiger partial charge in [-0.3, -0.25) is 9.59 Å². The van der Waals surface area contributed by atoms with Gasteiger partial charge in [-0.2, -0.15) is 0 Å². The number of carbonyl (C=O) groups excluding carboxylic acids is 2. The van der Waals surface area contributed by atoms with E-state index < -0.39 is 0 Å². The molecule has 0 unspecified atom stereocenters. The van der Waals surface area contributed by atoms with Crippen LogP contribution < -0.4 is 0 Å². The van der Waals surface area contributed by atoms with Gasteiger partial charge in [0.05, 0.1) is 14.2 Å². The Labute approximate surface area is 206 Å². The summed E-state index contributed by atoms with van der Waals surface area (Å²) in [6, 6.07) is 0. The smallest absolute Gasteiger partial charge is 0.305 e. The van der Waals surface area contributed by atoms with Crippen molar-refractivity contribution in [1.29, 1.82) is 0 Å². The maximum Gasteiger partial charge on any atom is 0.305 e. The number of carbonyl (C=O) groups is 2. The number of rotatable bonds is 26. The van der Waals surface area contributed by atoms with E-state index in [0.717, 1.165) is 25.7 Å². The monoisotopic (exact) mass is 468 g/mol. The van der Waals surface area contributed by atoms with Crippen LogP contribution in [-0.4, -0.2) is 26.2 Å². The molecule has 0 N–H and O–H groups in total. The second-order valence-electron chi connectivity index (χ2n) is 9.78. The number of unbranched alkanes of at least 4 members (excludes halogenated alkanes) is 22. The van der Waals surface area contributed by atoms with Crippen LogP contribution in [0.25, 0.3) is 0 Å². The minimum absolute atomic E-state index is 0.0704. The number of hydrogen-bond acceptors (Lipinski definition) is 4. The molecule has 4 heteroatoms. The Bertz CT molecular complexity index is 384. The van der Waals surface area contributed by atoms with Crippen LogP contribution in [0.4, 0.5) is 0 Å². The molecule has 0 radical (unpaired) electrons. The zero-order valence-electron chi connectivity index (χ0n) is 22.3. The van der Waals surface area contributed by atoms with E-state index in [1.807, 2.05) is 0 Å². The fourth-order valence-corrected chi connectivity index (χ4v) is 4.46. The van der Waals surface area contributed by atoms with Crippen molar-refractivity contribution < 1.29 is 19.1 Å². The van der Waals surface area contributed by atoms with Crippen molar-refractivity contribution in [1.82, 2.24) is 0 Å². The van der Waals surface area contributed by atoms with Crippen LogP contribution in [0, 0.1) is 0 Å². The van der Waals surface area contributed by atoms with Gasteiger partial charge in [-0.15, -0.1) is 0 Å². The quantitative estimate of drug-likeness (QED) is 0.0938.